The smallest absolute Gasteiger partial charge is 0.219 e. The number of benzene rings is 2. The first kappa shape index (κ1) is 25.5. The molecule has 9 nitrogen and oxygen atoms in total. The fraction of sp³-hybridized carbons (Fsp3) is 0.400. The van der Waals surface area contributed by atoms with Crippen molar-refractivity contribution in [1.82, 2.24) is 29.3 Å². The van der Waals surface area contributed by atoms with Crippen LogP contribution < -0.4 is 4.74 Å². The number of aliphatic hydroxyl groups is 1. The van der Waals surface area contributed by atoms with Crippen molar-refractivity contribution >= 4 is 17.1 Å². The van der Waals surface area contributed by atoms with E-state index >= 15 is 0 Å². The topological polar surface area (TPSA) is 96.6 Å². The molecule has 1 unspecified atom stereocenters. The number of fused-ring (bicyclic) bond motifs is 2. The van der Waals surface area contributed by atoms with Crippen LogP contribution in [0.2, 0.25) is 0 Å². The van der Waals surface area contributed by atoms with Gasteiger partial charge in [-0.05, 0) is 42.5 Å². The number of hydrogen-bond donors (Lipinski definition) is 1. The number of ether oxygens (including phenoxy) is 1. The molecule has 2 aliphatic rings. The Labute approximate surface area is 228 Å². The van der Waals surface area contributed by atoms with Gasteiger partial charge in [0.1, 0.15) is 24.0 Å². The molecule has 1 saturated heterocycles. The molecule has 6 rings (SSSR count). The lowest BCUT2D eigenvalue weighted by Gasteiger charge is -2.32. The Morgan fingerprint density at radius 1 is 1.08 bits per heavy atom. The van der Waals surface area contributed by atoms with E-state index in [0.717, 1.165) is 62.2 Å². The Morgan fingerprint density at radius 3 is 2.72 bits per heavy atom. The maximum absolute atomic E-state index is 11.7. The van der Waals surface area contributed by atoms with Gasteiger partial charge in [-0.2, -0.15) is 0 Å². The van der Waals surface area contributed by atoms with Crippen LogP contribution in [0.5, 0.6) is 5.75 Å². The number of carbonyl (C=O) groups is 1. The SMILES string of the molecule is CC(=O)N1CCC(n2cnc3cnc(-c4cccc(OCC(O)CN5CCc6ccccc6C5)c4)nc32)CC1. The van der Waals surface area contributed by atoms with Gasteiger partial charge < -0.3 is 19.3 Å². The lowest BCUT2D eigenvalue weighted by atomic mass is 10.00. The number of imidazole rings is 1. The second-order valence-corrected chi connectivity index (χ2v) is 10.5. The van der Waals surface area contributed by atoms with Crippen molar-refractivity contribution < 1.29 is 14.6 Å². The molecule has 1 amide bonds. The van der Waals surface area contributed by atoms with Crippen LogP contribution in [0, 0.1) is 0 Å². The Balaban J connectivity index is 1.10. The lowest BCUT2D eigenvalue weighted by molar-refractivity contribution is -0.130. The summed E-state index contributed by atoms with van der Waals surface area (Å²) in [6.07, 6.45) is 5.76. The fourth-order valence-corrected chi connectivity index (χ4v) is 5.67. The van der Waals surface area contributed by atoms with Crippen LogP contribution in [0.4, 0.5) is 0 Å². The van der Waals surface area contributed by atoms with E-state index in [4.69, 9.17) is 9.72 Å². The van der Waals surface area contributed by atoms with E-state index in [1.807, 2.05) is 35.5 Å². The van der Waals surface area contributed by atoms with E-state index in [0.29, 0.717) is 18.1 Å². The molecule has 0 saturated carbocycles. The number of piperidine rings is 1. The standard InChI is InChI=1S/C30H34N6O3/c1-21(37)35-13-10-25(11-14-35)36-20-32-28-16-31-29(33-30(28)36)23-7-4-8-27(15-23)39-19-26(38)18-34-12-9-22-5-2-3-6-24(22)17-34/h2-8,15-16,20,25-26,38H,9-14,17-19H2,1H3. The van der Waals surface area contributed by atoms with Crippen LogP contribution in [0.1, 0.15) is 36.9 Å². The second-order valence-electron chi connectivity index (χ2n) is 10.5. The molecule has 202 valence electrons. The number of rotatable bonds is 7. The third kappa shape index (κ3) is 5.65. The quantitative estimate of drug-likeness (QED) is 0.394. The largest absolute Gasteiger partial charge is 0.491 e. The van der Waals surface area contributed by atoms with Gasteiger partial charge in [-0.25, -0.2) is 15.0 Å². The van der Waals surface area contributed by atoms with Gasteiger partial charge in [0.15, 0.2) is 11.5 Å². The Hall–Kier alpha value is -3.82. The molecule has 1 atom stereocenters. The summed E-state index contributed by atoms with van der Waals surface area (Å²) in [5.41, 5.74) is 5.13. The maximum Gasteiger partial charge on any atom is 0.219 e. The highest BCUT2D eigenvalue weighted by atomic mass is 16.5. The highest BCUT2D eigenvalue weighted by Gasteiger charge is 2.24. The third-order valence-electron chi connectivity index (χ3n) is 7.83. The number of β-amino-alcohol motifs (C(OH)–C–C–N with tert-alkyl or cyclic N) is 1. The van der Waals surface area contributed by atoms with Gasteiger partial charge >= 0.3 is 0 Å². The molecular formula is C30H34N6O3. The number of carbonyl (C=O) groups excluding carboxylic acids is 1. The van der Waals surface area contributed by atoms with E-state index in [1.165, 1.54) is 11.1 Å². The van der Waals surface area contributed by atoms with E-state index in [-0.39, 0.29) is 18.6 Å². The first-order valence-corrected chi connectivity index (χ1v) is 13.7. The summed E-state index contributed by atoms with van der Waals surface area (Å²) in [4.78, 5) is 29.8. The summed E-state index contributed by atoms with van der Waals surface area (Å²) >= 11 is 0. The van der Waals surface area contributed by atoms with Gasteiger partial charge in [0.25, 0.3) is 0 Å². The summed E-state index contributed by atoms with van der Waals surface area (Å²) in [6.45, 7) is 5.70. The van der Waals surface area contributed by atoms with Crippen molar-refractivity contribution in [3.05, 3.63) is 72.2 Å². The Kier molecular flexibility index (Phi) is 7.26. The second kappa shape index (κ2) is 11.1. The lowest BCUT2D eigenvalue weighted by Crippen LogP contribution is -2.38. The Morgan fingerprint density at radius 2 is 1.90 bits per heavy atom. The first-order chi connectivity index (χ1) is 19.0. The first-order valence-electron chi connectivity index (χ1n) is 13.7. The molecule has 2 aliphatic heterocycles. The van der Waals surface area contributed by atoms with Gasteiger partial charge in [-0.1, -0.05) is 36.4 Å². The molecule has 1 fully saturated rings. The van der Waals surface area contributed by atoms with Crippen LogP contribution in [0.3, 0.4) is 0 Å². The minimum Gasteiger partial charge on any atom is -0.491 e. The van der Waals surface area contributed by atoms with Crippen molar-refractivity contribution in [1.29, 1.82) is 0 Å². The zero-order chi connectivity index (χ0) is 26.8. The minimum absolute atomic E-state index is 0.125. The number of aliphatic hydroxyl groups excluding tert-OH is 1. The summed E-state index contributed by atoms with van der Waals surface area (Å²) in [5, 5.41) is 10.7. The summed E-state index contributed by atoms with van der Waals surface area (Å²) in [7, 11) is 0. The molecule has 0 bridgehead atoms. The summed E-state index contributed by atoms with van der Waals surface area (Å²) in [5.74, 6) is 1.40. The van der Waals surface area contributed by atoms with Crippen molar-refractivity contribution in [3.63, 3.8) is 0 Å². The highest BCUT2D eigenvalue weighted by Crippen LogP contribution is 2.28. The van der Waals surface area contributed by atoms with Crippen LogP contribution >= 0.6 is 0 Å². The average molecular weight is 527 g/mol. The number of nitrogens with zero attached hydrogens (tertiary/aromatic N) is 6. The van der Waals surface area contributed by atoms with Gasteiger partial charge in [-0.3, -0.25) is 9.69 Å². The third-order valence-corrected chi connectivity index (χ3v) is 7.83. The number of likely N-dealkylation sites (tertiary alicyclic amines) is 1. The number of aromatic nitrogens is 4. The highest BCUT2D eigenvalue weighted by molar-refractivity contribution is 5.74. The monoisotopic (exact) mass is 526 g/mol. The molecule has 0 spiro atoms. The average Bonchev–Trinajstić information content (AvgIpc) is 3.39. The normalized spacial score (nSPS) is 17.2. The number of hydrogen-bond acceptors (Lipinski definition) is 7. The van der Waals surface area contributed by atoms with Crippen LogP contribution in [0.15, 0.2) is 61.1 Å². The molecular weight excluding hydrogens is 492 g/mol. The molecule has 0 radical (unpaired) electrons. The summed E-state index contributed by atoms with van der Waals surface area (Å²) in [6, 6.07) is 16.4. The van der Waals surface area contributed by atoms with Crippen molar-refractivity contribution in [3.8, 4) is 17.1 Å². The molecule has 2 aromatic carbocycles. The molecule has 4 aromatic rings. The minimum atomic E-state index is -0.588. The zero-order valence-electron chi connectivity index (χ0n) is 22.2. The Bertz CT molecular complexity index is 1460. The van der Waals surface area contributed by atoms with Crippen molar-refractivity contribution in [2.45, 2.75) is 44.9 Å². The van der Waals surface area contributed by atoms with Gasteiger partial charge in [0.2, 0.25) is 5.91 Å². The molecule has 4 heterocycles. The van der Waals surface area contributed by atoms with Gasteiger partial charge in [0.05, 0.1) is 12.5 Å². The van der Waals surface area contributed by atoms with Crippen molar-refractivity contribution in [2.75, 3.05) is 32.8 Å². The van der Waals surface area contributed by atoms with Gasteiger partial charge in [-0.15, -0.1) is 0 Å². The van der Waals surface area contributed by atoms with E-state index < -0.39 is 6.10 Å². The van der Waals surface area contributed by atoms with Crippen LogP contribution in [-0.2, 0) is 17.8 Å². The molecule has 2 aromatic heterocycles. The zero-order valence-corrected chi connectivity index (χ0v) is 22.2. The predicted octanol–water partition coefficient (Wildman–Crippen LogP) is 3.47. The van der Waals surface area contributed by atoms with Crippen LogP contribution in [0.25, 0.3) is 22.6 Å². The molecule has 39 heavy (non-hydrogen) atoms. The van der Waals surface area contributed by atoms with Crippen LogP contribution in [-0.4, -0.2) is 79.2 Å². The van der Waals surface area contributed by atoms with Gasteiger partial charge in [0, 0.05) is 51.3 Å². The molecule has 9 heteroatoms. The molecule has 0 aliphatic carbocycles. The molecule has 1 N–H and O–H groups in total. The predicted molar refractivity (Wildman–Crippen MR) is 148 cm³/mol. The van der Waals surface area contributed by atoms with E-state index in [1.54, 1.807) is 13.1 Å². The maximum atomic E-state index is 11.7. The fourth-order valence-electron chi connectivity index (χ4n) is 5.67. The van der Waals surface area contributed by atoms with E-state index in [9.17, 15) is 9.90 Å². The summed E-state index contributed by atoms with van der Waals surface area (Å²) < 4.78 is 8.10. The van der Waals surface area contributed by atoms with Crippen molar-refractivity contribution in [2.24, 2.45) is 0 Å². The number of amides is 1. The van der Waals surface area contributed by atoms with E-state index in [2.05, 4.69) is 43.7 Å².